The van der Waals surface area contributed by atoms with Crippen LogP contribution in [-0.4, -0.2) is 42.7 Å². The molecule has 1 aromatic heterocycles. The molecule has 1 aromatic rings. The molecule has 19 heavy (non-hydrogen) atoms. The molecule has 1 aliphatic rings. The van der Waals surface area contributed by atoms with Gasteiger partial charge in [-0.25, -0.2) is 4.98 Å². The van der Waals surface area contributed by atoms with Crippen LogP contribution in [0.15, 0.2) is 0 Å². The van der Waals surface area contributed by atoms with E-state index < -0.39 is 0 Å². The molecule has 1 N–H and O–H groups in total. The fourth-order valence-electron chi connectivity index (χ4n) is 2.25. The third-order valence-corrected chi connectivity index (χ3v) is 4.41. The Hall–Kier alpha value is -0.490. The smallest absolute Gasteiger partial charge is 0.107 e. The zero-order valence-corrected chi connectivity index (χ0v) is 12.9. The van der Waals surface area contributed by atoms with E-state index in [2.05, 4.69) is 24.1 Å². The van der Waals surface area contributed by atoms with Crippen LogP contribution in [0.1, 0.15) is 35.8 Å². The van der Waals surface area contributed by atoms with E-state index >= 15 is 0 Å². The fraction of sp³-hybridized carbons (Fsp3) is 0.786. The predicted molar refractivity (Wildman–Crippen MR) is 79.6 cm³/mol. The minimum Gasteiger partial charge on any atom is -0.379 e. The summed E-state index contributed by atoms with van der Waals surface area (Å²) in [6.07, 6.45) is 2.21. The SMILES string of the molecule is CCCNCc1sc(CN2CCOCC2)nc1CC. The van der Waals surface area contributed by atoms with Crippen molar-refractivity contribution >= 4 is 11.3 Å². The molecule has 5 heteroatoms. The lowest BCUT2D eigenvalue weighted by Gasteiger charge is -2.25. The van der Waals surface area contributed by atoms with Gasteiger partial charge in [0.1, 0.15) is 5.01 Å². The number of hydrogen-bond donors (Lipinski definition) is 1. The van der Waals surface area contributed by atoms with Crippen molar-refractivity contribution in [3.05, 3.63) is 15.6 Å². The van der Waals surface area contributed by atoms with E-state index in [1.54, 1.807) is 0 Å². The number of morpholine rings is 1. The van der Waals surface area contributed by atoms with Crippen molar-refractivity contribution in [1.82, 2.24) is 15.2 Å². The molecule has 2 heterocycles. The van der Waals surface area contributed by atoms with E-state index in [0.29, 0.717) is 0 Å². The lowest BCUT2D eigenvalue weighted by molar-refractivity contribution is 0.0341. The van der Waals surface area contributed by atoms with Gasteiger partial charge in [-0.15, -0.1) is 11.3 Å². The topological polar surface area (TPSA) is 37.4 Å². The second-order valence-electron chi connectivity index (χ2n) is 4.90. The number of hydrogen-bond acceptors (Lipinski definition) is 5. The molecule has 0 aliphatic carbocycles. The van der Waals surface area contributed by atoms with Crippen molar-refractivity contribution in [3.8, 4) is 0 Å². The van der Waals surface area contributed by atoms with Gasteiger partial charge in [-0.2, -0.15) is 0 Å². The summed E-state index contributed by atoms with van der Waals surface area (Å²) in [4.78, 5) is 8.65. The van der Waals surface area contributed by atoms with Crippen molar-refractivity contribution in [2.24, 2.45) is 0 Å². The van der Waals surface area contributed by atoms with E-state index in [1.807, 2.05) is 11.3 Å². The molecule has 0 saturated carbocycles. The van der Waals surface area contributed by atoms with Crippen LogP contribution in [0, 0.1) is 0 Å². The molecule has 0 bridgehead atoms. The van der Waals surface area contributed by atoms with Crippen LogP contribution in [0.5, 0.6) is 0 Å². The zero-order chi connectivity index (χ0) is 13.5. The van der Waals surface area contributed by atoms with Crippen LogP contribution in [-0.2, 0) is 24.2 Å². The van der Waals surface area contributed by atoms with Gasteiger partial charge in [-0.05, 0) is 19.4 Å². The highest BCUT2D eigenvalue weighted by atomic mass is 32.1. The lowest BCUT2D eigenvalue weighted by Crippen LogP contribution is -2.35. The van der Waals surface area contributed by atoms with Crippen molar-refractivity contribution < 1.29 is 4.74 Å². The predicted octanol–water partition coefficient (Wildman–Crippen LogP) is 2.04. The quantitative estimate of drug-likeness (QED) is 0.777. The Labute approximate surface area is 120 Å². The van der Waals surface area contributed by atoms with Gasteiger partial charge in [-0.1, -0.05) is 13.8 Å². The third-order valence-electron chi connectivity index (χ3n) is 3.33. The number of thiazole rings is 1. The van der Waals surface area contributed by atoms with Crippen molar-refractivity contribution in [2.45, 2.75) is 39.8 Å². The first-order valence-corrected chi connectivity index (χ1v) is 8.13. The summed E-state index contributed by atoms with van der Waals surface area (Å²) in [5, 5.41) is 4.74. The first-order valence-electron chi connectivity index (χ1n) is 7.31. The molecular weight excluding hydrogens is 258 g/mol. The summed E-state index contributed by atoms with van der Waals surface area (Å²) in [6, 6.07) is 0. The first-order chi connectivity index (χ1) is 9.33. The highest BCUT2D eigenvalue weighted by Crippen LogP contribution is 2.21. The maximum atomic E-state index is 5.38. The van der Waals surface area contributed by atoms with Crippen molar-refractivity contribution in [2.75, 3.05) is 32.8 Å². The van der Waals surface area contributed by atoms with Crippen LogP contribution in [0.3, 0.4) is 0 Å². The normalized spacial score (nSPS) is 16.9. The monoisotopic (exact) mass is 283 g/mol. The molecule has 1 fully saturated rings. The van der Waals surface area contributed by atoms with Gasteiger partial charge in [0, 0.05) is 24.5 Å². The molecular formula is C14H25N3OS. The van der Waals surface area contributed by atoms with Crippen LogP contribution in [0.2, 0.25) is 0 Å². The van der Waals surface area contributed by atoms with E-state index in [0.717, 1.165) is 52.4 Å². The maximum absolute atomic E-state index is 5.38. The summed E-state index contributed by atoms with van der Waals surface area (Å²) in [6.45, 7) is 11.2. The Morgan fingerprint density at radius 2 is 2.11 bits per heavy atom. The Kier molecular flexibility index (Phi) is 6.23. The van der Waals surface area contributed by atoms with Crippen LogP contribution < -0.4 is 5.32 Å². The molecule has 0 unspecified atom stereocenters. The van der Waals surface area contributed by atoms with Gasteiger partial charge in [-0.3, -0.25) is 4.90 Å². The molecule has 0 amide bonds. The van der Waals surface area contributed by atoms with Gasteiger partial charge in [0.25, 0.3) is 0 Å². The van der Waals surface area contributed by atoms with Crippen LogP contribution >= 0.6 is 11.3 Å². The molecule has 4 nitrogen and oxygen atoms in total. The van der Waals surface area contributed by atoms with Crippen LogP contribution in [0.4, 0.5) is 0 Å². The highest BCUT2D eigenvalue weighted by molar-refractivity contribution is 7.11. The van der Waals surface area contributed by atoms with E-state index in [1.165, 1.54) is 22.0 Å². The molecule has 1 aliphatic heterocycles. The largest absolute Gasteiger partial charge is 0.379 e. The number of aromatic nitrogens is 1. The van der Waals surface area contributed by atoms with Gasteiger partial charge in [0.15, 0.2) is 0 Å². The number of nitrogens with one attached hydrogen (secondary N) is 1. The summed E-state index contributed by atoms with van der Waals surface area (Å²) in [5.41, 5.74) is 1.27. The number of aryl methyl sites for hydroxylation is 1. The fourth-order valence-corrected chi connectivity index (χ4v) is 3.42. The Bertz CT molecular complexity index is 375. The van der Waals surface area contributed by atoms with Gasteiger partial charge >= 0.3 is 0 Å². The Balaban J connectivity index is 1.92. The van der Waals surface area contributed by atoms with E-state index in [4.69, 9.17) is 9.72 Å². The van der Waals surface area contributed by atoms with E-state index in [-0.39, 0.29) is 0 Å². The second kappa shape index (κ2) is 7.94. The van der Waals surface area contributed by atoms with Gasteiger partial charge in [0.05, 0.1) is 25.5 Å². The minimum atomic E-state index is 0.858. The number of nitrogens with zero attached hydrogens (tertiary/aromatic N) is 2. The molecule has 1 saturated heterocycles. The van der Waals surface area contributed by atoms with Crippen LogP contribution in [0.25, 0.3) is 0 Å². The molecule has 0 spiro atoms. The summed E-state index contributed by atoms with van der Waals surface area (Å²) in [5.74, 6) is 0. The maximum Gasteiger partial charge on any atom is 0.107 e. The Morgan fingerprint density at radius 1 is 1.32 bits per heavy atom. The molecule has 2 rings (SSSR count). The van der Waals surface area contributed by atoms with Gasteiger partial charge in [0.2, 0.25) is 0 Å². The average molecular weight is 283 g/mol. The first kappa shape index (κ1) is 14.9. The summed E-state index contributed by atoms with van der Waals surface area (Å²) < 4.78 is 5.38. The van der Waals surface area contributed by atoms with Gasteiger partial charge < -0.3 is 10.1 Å². The van der Waals surface area contributed by atoms with Crippen molar-refractivity contribution in [1.29, 1.82) is 0 Å². The standard InChI is InChI=1S/C14H25N3OS/c1-3-5-15-10-13-12(4-2)16-14(19-13)11-17-6-8-18-9-7-17/h15H,3-11H2,1-2H3. The molecule has 0 atom stereocenters. The average Bonchev–Trinajstić information content (AvgIpc) is 2.82. The number of rotatable bonds is 7. The lowest BCUT2D eigenvalue weighted by atomic mass is 10.3. The third kappa shape index (κ3) is 4.53. The van der Waals surface area contributed by atoms with Crippen molar-refractivity contribution in [3.63, 3.8) is 0 Å². The molecule has 0 radical (unpaired) electrons. The minimum absolute atomic E-state index is 0.858. The summed E-state index contributed by atoms with van der Waals surface area (Å²) >= 11 is 1.87. The highest BCUT2D eigenvalue weighted by Gasteiger charge is 2.15. The Morgan fingerprint density at radius 3 is 2.79 bits per heavy atom. The molecule has 108 valence electrons. The molecule has 0 aromatic carbocycles. The summed E-state index contributed by atoms with van der Waals surface area (Å²) in [7, 11) is 0. The van der Waals surface area contributed by atoms with E-state index in [9.17, 15) is 0 Å². The second-order valence-corrected chi connectivity index (χ2v) is 6.06. The number of ether oxygens (including phenoxy) is 1. The zero-order valence-electron chi connectivity index (χ0n) is 12.1.